The minimum Gasteiger partial charge on any atom is -0.438 e. The molecule has 0 aliphatic carbocycles. The number of benzene rings is 1. The molecule has 0 N–H and O–H groups in total. The zero-order chi connectivity index (χ0) is 13.0. The van der Waals surface area contributed by atoms with Crippen LogP contribution in [0.1, 0.15) is 5.56 Å². The first-order valence-corrected chi connectivity index (χ1v) is 6.31. The molecule has 0 saturated heterocycles. The summed E-state index contributed by atoms with van der Waals surface area (Å²) in [6, 6.07) is 11.1. The van der Waals surface area contributed by atoms with Gasteiger partial charge >= 0.3 is 0 Å². The highest BCUT2D eigenvalue weighted by atomic mass is 79.9. The summed E-state index contributed by atoms with van der Waals surface area (Å²) >= 11 is 9.13. The zero-order valence-electron chi connectivity index (χ0n) is 9.23. The van der Waals surface area contributed by atoms with Gasteiger partial charge in [-0.25, -0.2) is 4.98 Å². The first kappa shape index (κ1) is 12.9. The van der Waals surface area contributed by atoms with Gasteiger partial charge in [0.05, 0.1) is 22.0 Å². The Bertz CT molecular complexity index is 593. The number of ether oxygens (including phenoxy) is 1. The van der Waals surface area contributed by atoms with E-state index in [0.29, 0.717) is 27.5 Å². The number of halogens is 2. The van der Waals surface area contributed by atoms with Gasteiger partial charge in [0.2, 0.25) is 5.88 Å². The van der Waals surface area contributed by atoms with E-state index in [1.54, 1.807) is 18.2 Å². The molecule has 5 heteroatoms. The Balaban J connectivity index is 2.16. The Hall–Kier alpha value is -1.57. The fourth-order valence-corrected chi connectivity index (χ4v) is 2.08. The Morgan fingerprint density at radius 3 is 2.67 bits per heavy atom. The maximum atomic E-state index is 8.58. The summed E-state index contributed by atoms with van der Waals surface area (Å²) in [5.74, 6) is 1.11. The Morgan fingerprint density at radius 2 is 2.06 bits per heavy atom. The molecule has 1 aromatic heterocycles. The fourth-order valence-electron chi connectivity index (χ4n) is 1.36. The second-order valence-corrected chi connectivity index (χ2v) is 4.81. The lowest BCUT2D eigenvalue weighted by atomic mass is 10.2. The number of nitriles is 1. The van der Waals surface area contributed by atoms with Crippen LogP contribution < -0.4 is 4.74 Å². The monoisotopic (exact) mass is 322 g/mol. The lowest BCUT2D eigenvalue weighted by Gasteiger charge is -2.06. The molecule has 0 amide bonds. The minimum atomic E-state index is 0.392. The molecule has 0 spiro atoms. The highest BCUT2D eigenvalue weighted by molar-refractivity contribution is 9.10. The summed E-state index contributed by atoms with van der Waals surface area (Å²) < 4.78 is 6.29. The van der Waals surface area contributed by atoms with Crippen LogP contribution in [0.25, 0.3) is 0 Å². The van der Waals surface area contributed by atoms with Gasteiger partial charge in [-0.1, -0.05) is 23.7 Å². The van der Waals surface area contributed by atoms with Gasteiger partial charge in [-0.05, 0) is 39.7 Å². The largest absolute Gasteiger partial charge is 0.438 e. The minimum absolute atomic E-state index is 0.392. The molecule has 0 radical (unpaired) electrons. The highest BCUT2D eigenvalue weighted by Gasteiger charge is 2.05. The van der Waals surface area contributed by atoms with Crippen molar-refractivity contribution in [3.05, 3.63) is 51.6 Å². The molecule has 0 atom stereocenters. The average Bonchev–Trinajstić information content (AvgIpc) is 2.35. The fraction of sp³-hybridized carbons (Fsp3) is 0.0769. The summed E-state index contributed by atoms with van der Waals surface area (Å²) in [5, 5.41) is 9.12. The lowest BCUT2D eigenvalue weighted by molar-refractivity contribution is 0.459. The summed E-state index contributed by atoms with van der Waals surface area (Å²) in [6.45, 7) is 0. The third-order valence-electron chi connectivity index (χ3n) is 2.20. The van der Waals surface area contributed by atoms with Crippen molar-refractivity contribution in [3.63, 3.8) is 0 Å². The van der Waals surface area contributed by atoms with Gasteiger partial charge in [-0.15, -0.1) is 0 Å². The van der Waals surface area contributed by atoms with Crippen molar-refractivity contribution < 1.29 is 4.74 Å². The molecule has 90 valence electrons. The average molecular weight is 324 g/mol. The molecule has 3 nitrogen and oxygen atoms in total. The number of hydrogen-bond acceptors (Lipinski definition) is 3. The van der Waals surface area contributed by atoms with Crippen LogP contribution in [0.3, 0.4) is 0 Å². The summed E-state index contributed by atoms with van der Waals surface area (Å²) in [6.07, 6.45) is 1.91. The maximum absolute atomic E-state index is 8.58. The van der Waals surface area contributed by atoms with E-state index in [9.17, 15) is 0 Å². The Kier molecular flexibility index (Phi) is 4.19. The summed E-state index contributed by atoms with van der Waals surface area (Å²) in [5.41, 5.74) is 0.952. The van der Waals surface area contributed by atoms with E-state index >= 15 is 0 Å². The van der Waals surface area contributed by atoms with E-state index in [1.165, 1.54) is 6.20 Å². The van der Waals surface area contributed by atoms with Crippen LogP contribution in [0.15, 0.2) is 41.0 Å². The molecule has 2 aromatic rings. The summed E-state index contributed by atoms with van der Waals surface area (Å²) in [4.78, 5) is 4.08. The highest BCUT2D eigenvalue weighted by Crippen LogP contribution is 2.29. The molecule has 0 aliphatic heterocycles. The van der Waals surface area contributed by atoms with E-state index < -0.39 is 0 Å². The molecule has 2 rings (SSSR count). The van der Waals surface area contributed by atoms with E-state index in [-0.39, 0.29) is 0 Å². The first-order valence-electron chi connectivity index (χ1n) is 5.14. The van der Waals surface area contributed by atoms with Crippen molar-refractivity contribution in [2.24, 2.45) is 0 Å². The number of aromatic nitrogens is 1. The van der Waals surface area contributed by atoms with Crippen LogP contribution in [0, 0.1) is 11.3 Å². The van der Waals surface area contributed by atoms with Gasteiger partial charge in [0.25, 0.3) is 0 Å². The van der Waals surface area contributed by atoms with Crippen LogP contribution in [0.4, 0.5) is 0 Å². The molecule has 1 heterocycles. The number of nitrogens with zero attached hydrogens (tertiary/aromatic N) is 2. The molecular formula is C13H8BrClN2O. The van der Waals surface area contributed by atoms with E-state index in [1.807, 2.05) is 12.1 Å². The molecule has 0 bridgehead atoms. The Morgan fingerprint density at radius 1 is 1.33 bits per heavy atom. The lowest BCUT2D eigenvalue weighted by Crippen LogP contribution is -1.89. The van der Waals surface area contributed by atoms with Gasteiger partial charge in [-0.2, -0.15) is 5.26 Å². The second kappa shape index (κ2) is 5.85. The predicted octanol–water partition coefficient (Wildman–Crippen LogP) is 4.36. The van der Waals surface area contributed by atoms with Crippen molar-refractivity contribution in [3.8, 4) is 17.7 Å². The van der Waals surface area contributed by atoms with Crippen molar-refractivity contribution in [2.45, 2.75) is 6.42 Å². The Labute approximate surface area is 118 Å². The predicted molar refractivity (Wildman–Crippen MR) is 72.8 cm³/mol. The van der Waals surface area contributed by atoms with E-state index in [2.05, 4.69) is 27.0 Å². The van der Waals surface area contributed by atoms with E-state index in [4.69, 9.17) is 21.6 Å². The molecule has 1 aromatic carbocycles. The quantitative estimate of drug-likeness (QED) is 0.843. The van der Waals surface area contributed by atoms with Gasteiger partial charge < -0.3 is 4.74 Å². The normalized spacial score (nSPS) is 9.83. The molecule has 18 heavy (non-hydrogen) atoms. The van der Waals surface area contributed by atoms with Crippen LogP contribution in [0.5, 0.6) is 11.6 Å². The topological polar surface area (TPSA) is 45.9 Å². The van der Waals surface area contributed by atoms with Gasteiger partial charge in [0.1, 0.15) is 5.75 Å². The van der Waals surface area contributed by atoms with Crippen molar-refractivity contribution in [1.29, 1.82) is 5.26 Å². The van der Waals surface area contributed by atoms with Crippen molar-refractivity contribution in [2.75, 3.05) is 0 Å². The summed E-state index contributed by atoms with van der Waals surface area (Å²) in [7, 11) is 0. The zero-order valence-corrected chi connectivity index (χ0v) is 11.6. The number of pyridine rings is 1. The van der Waals surface area contributed by atoms with Crippen LogP contribution in [-0.2, 0) is 6.42 Å². The van der Waals surface area contributed by atoms with Gasteiger partial charge in [0.15, 0.2) is 0 Å². The third kappa shape index (κ3) is 3.22. The second-order valence-electron chi connectivity index (χ2n) is 3.52. The van der Waals surface area contributed by atoms with Gasteiger partial charge in [-0.3, -0.25) is 0 Å². The third-order valence-corrected chi connectivity index (χ3v) is 2.97. The van der Waals surface area contributed by atoms with Crippen LogP contribution in [-0.4, -0.2) is 4.98 Å². The van der Waals surface area contributed by atoms with Crippen molar-refractivity contribution in [1.82, 2.24) is 4.98 Å². The molecule has 0 saturated carbocycles. The number of hydrogen-bond donors (Lipinski definition) is 0. The SMILES string of the molecule is N#CCc1ccc(Oc2ncc(Cl)cc2Br)cc1. The van der Waals surface area contributed by atoms with Gasteiger partial charge in [0, 0.05) is 6.20 Å². The maximum Gasteiger partial charge on any atom is 0.233 e. The molecule has 0 fully saturated rings. The van der Waals surface area contributed by atoms with Crippen LogP contribution in [0.2, 0.25) is 5.02 Å². The van der Waals surface area contributed by atoms with Crippen LogP contribution >= 0.6 is 27.5 Å². The molecule has 0 unspecified atom stereocenters. The molecular weight excluding hydrogens is 316 g/mol. The van der Waals surface area contributed by atoms with Crippen molar-refractivity contribution >= 4 is 27.5 Å². The van der Waals surface area contributed by atoms with E-state index in [0.717, 1.165) is 5.56 Å². The number of rotatable bonds is 3. The first-order chi connectivity index (χ1) is 8.69. The standard InChI is InChI=1S/C13H8BrClN2O/c14-12-7-10(15)8-17-13(12)18-11-3-1-9(2-4-11)5-6-16/h1-4,7-8H,5H2. The molecule has 0 aliphatic rings. The smallest absolute Gasteiger partial charge is 0.233 e.